The van der Waals surface area contributed by atoms with Gasteiger partial charge in [-0.25, -0.2) is 4.39 Å². The second-order valence-corrected chi connectivity index (χ2v) is 8.12. The first-order chi connectivity index (χ1) is 14.6. The first-order valence-corrected chi connectivity index (χ1v) is 10.4. The van der Waals surface area contributed by atoms with Crippen molar-refractivity contribution in [2.45, 2.75) is 24.8 Å². The molecule has 3 nitrogen and oxygen atoms in total. The van der Waals surface area contributed by atoms with Gasteiger partial charge in [0.15, 0.2) is 5.78 Å². The van der Waals surface area contributed by atoms with Crippen molar-refractivity contribution in [1.29, 1.82) is 0 Å². The van der Waals surface area contributed by atoms with E-state index in [0.29, 0.717) is 29.0 Å². The van der Waals surface area contributed by atoms with Gasteiger partial charge in [0.1, 0.15) is 5.82 Å². The van der Waals surface area contributed by atoms with E-state index < -0.39 is 6.04 Å². The highest BCUT2D eigenvalue weighted by Gasteiger charge is 2.37. The van der Waals surface area contributed by atoms with Crippen LogP contribution < -0.4 is 10.6 Å². The van der Waals surface area contributed by atoms with Gasteiger partial charge in [0, 0.05) is 28.3 Å². The highest BCUT2D eigenvalue weighted by molar-refractivity contribution is 6.31. The first kappa shape index (κ1) is 18.9. The molecule has 0 unspecified atom stereocenters. The molecule has 30 heavy (non-hydrogen) atoms. The number of carbonyl (C=O) groups excluding carboxylic acids is 1. The molecule has 150 valence electrons. The zero-order valence-corrected chi connectivity index (χ0v) is 16.9. The minimum atomic E-state index is -0.558. The van der Waals surface area contributed by atoms with E-state index in [1.165, 1.54) is 6.07 Å². The van der Waals surface area contributed by atoms with Crippen molar-refractivity contribution in [3.05, 3.63) is 106 Å². The Labute approximate surface area is 179 Å². The third-order valence-electron chi connectivity index (χ3n) is 5.87. The Morgan fingerprint density at radius 2 is 1.50 bits per heavy atom. The summed E-state index contributed by atoms with van der Waals surface area (Å²) in [6.45, 7) is 0. The molecule has 0 amide bonds. The van der Waals surface area contributed by atoms with Crippen molar-refractivity contribution in [2.24, 2.45) is 0 Å². The molecule has 2 aliphatic rings. The first-order valence-electron chi connectivity index (χ1n) is 9.99. The molecule has 2 atom stereocenters. The van der Waals surface area contributed by atoms with Crippen LogP contribution >= 0.6 is 11.6 Å². The molecule has 0 saturated heterocycles. The summed E-state index contributed by atoms with van der Waals surface area (Å²) in [5, 5.41) is 7.53. The molecule has 3 aromatic rings. The summed E-state index contributed by atoms with van der Waals surface area (Å²) in [5.41, 5.74) is 4.56. The fourth-order valence-electron chi connectivity index (χ4n) is 4.46. The predicted octanol–water partition coefficient (Wildman–Crippen LogP) is 6.46. The highest BCUT2D eigenvalue weighted by atomic mass is 35.5. The van der Waals surface area contributed by atoms with Gasteiger partial charge in [-0.1, -0.05) is 60.1 Å². The molecule has 5 heteroatoms. The molecule has 0 spiro atoms. The van der Waals surface area contributed by atoms with Crippen LogP contribution in [0.5, 0.6) is 0 Å². The van der Waals surface area contributed by atoms with Crippen LogP contribution in [0.4, 0.5) is 15.8 Å². The Morgan fingerprint density at radius 3 is 2.27 bits per heavy atom. The summed E-state index contributed by atoms with van der Waals surface area (Å²) in [6.07, 6.45) is 0.971. The van der Waals surface area contributed by atoms with Crippen LogP contribution in [0.25, 0.3) is 0 Å². The van der Waals surface area contributed by atoms with Gasteiger partial charge in [-0.2, -0.15) is 0 Å². The van der Waals surface area contributed by atoms with Crippen molar-refractivity contribution < 1.29 is 9.18 Å². The van der Waals surface area contributed by atoms with Gasteiger partial charge in [-0.05, 0) is 42.2 Å². The number of carbonyl (C=O) groups is 1. The third-order valence-corrected chi connectivity index (χ3v) is 6.21. The zero-order chi connectivity index (χ0) is 20.7. The average Bonchev–Trinajstić information content (AvgIpc) is 2.91. The van der Waals surface area contributed by atoms with E-state index in [1.54, 1.807) is 18.2 Å². The smallest absolute Gasteiger partial charge is 0.163 e. The Balaban J connectivity index is 1.64. The van der Waals surface area contributed by atoms with Gasteiger partial charge >= 0.3 is 0 Å². The van der Waals surface area contributed by atoms with Crippen LogP contribution in [0, 0.1) is 5.82 Å². The molecule has 0 radical (unpaired) electrons. The topological polar surface area (TPSA) is 41.1 Å². The Hall–Kier alpha value is -3.11. The van der Waals surface area contributed by atoms with Crippen LogP contribution in [0.15, 0.2) is 84.1 Å². The van der Waals surface area contributed by atoms with Crippen molar-refractivity contribution >= 4 is 28.8 Å². The molecule has 1 aliphatic heterocycles. The van der Waals surface area contributed by atoms with Crippen molar-refractivity contribution in [2.75, 3.05) is 10.6 Å². The Bertz CT molecular complexity index is 1170. The molecule has 0 aromatic heterocycles. The SMILES string of the molecule is O=C1C[C@H](c2ccccc2Cl)CC2=C1[C@H](c1ccccc1F)Nc1ccccc1N2. The molecule has 1 heterocycles. The number of fused-ring (bicyclic) bond motifs is 1. The van der Waals surface area contributed by atoms with Crippen LogP contribution in [-0.4, -0.2) is 5.78 Å². The fourth-order valence-corrected chi connectivity index (χ4v) is 4.75. The number of Topliss-reactive ketones (excluding diaryl/α,β-unsaturated/α-hetero) is 1. The summed E-state index contributed by atoms with van der Waals surface area (Å²) in [7, 11) is 0. The standard InChI is InChI=1S/C25H20ClFN2O/c26-18-9-3-1-7-16(18)15-13-22-24(23(30)14-15)25(17-8-2-4-10-19(17)27)29-21-12-6-5-11-20(21)28-22/h1-12,15,25,28-29H,13-14H2/t15-,25+/m1/s1. The fraction of sp³-hybridized carbons (Fsp3) is 0.160. The number of ketones is 1. The molecule has 3 aromatic carbocycles. The number of anilines is 2. The maximum Gasteiger partial charge on any atom is 0.163 e. The van der Waals surface area contributed by atoms with Gasteiger partial charge in [-0.3, -0.25) is 4.79 Å². The van der Waals surface area contributed by atoms with E-state index in [2.05, 4.69) is 10.6 Å². The number of nitrogens with one attached hydrogen (secondary N) is 2. The van der Waals surface area contributed by atoms with Crippen molar-refractivity contribution in [1.82, 2.24) is 0 Å². The molecule has 1 aliphatic carbocycles. The number of halogens is 2. The molecule has 0 bridgehead atoms. The number of allylic oxidation sites excluding steroid dienone is 1. The normalized spacial score (nSPS) is 20.5. The van der Waals surface area contributed by atoms with Gasteiger partial charge in [-0.15, -0.1) is 0 Å². The van der Waals surface area contributed by atoms with Gasteiger partial charge in [0.2, 0.25) is 0 Å². The minimum absolute atomic E-state index is 0.00206. The minimum Gasteiger partial charge on any atom is -0.372 e. The van der Waals surface area contributed by atoms with Gasteiger partial charge < -0.3 is 10.6 Å². The maximum absolute atomic E-state index is 14.8. The zero-order valence-electron chi connectivity index (χ0n) is 16.2. The van der Waals surface area contributed by atoms with Crippen LogP contribution in [0.3, 0.4) is 0 Å². The Kier molecular flexibility index (Phi) is 4.80. The lowest BCUT2D eigenvalue weighted by atomic mass is 9.78. The van der Waals surface area contributed by atoms with E-state index in [0.717, 1.165) is 22.6 Å². The van der Waals surface area contributed by atoms with E-state index in [9.17, 15) is 9.18 Å². The lowest BCUT2D eigenvalue weighted by Crippen LogP contribution is -2.27. The van der Waals surface area contributed by atoms with Crippen LogP contribution in [0.2, 0.25) is 5.02 Å². The summed E-state index contributed by atoms with van der Waals surface area (Å²) in [5.74, 6) is -0.353. The second kappa shape index (κ2) is 7.62. The van der Waals surface area contributed by atoms with E-state index in [1.807, 2.05) is 48.5 Å². The van der Waals surface area contributed by atoms with Crippen molar-refractivity contribution in [3.63, 3.8) is 0 Å². The number of rotatable bonds is 2. The number of benzene rings is 3. The van der Waals surface area contributed by atoms with E-state index in [-0.39, 0.29) is 17.5 Å². The van der Waals surface area contributed by atoms with Crippen molar-refractivity contribution in [3.8, 4) is 0 Å². The molecular weight excluding hydrogens is 399 g/mol. The molecule has 0 fully saturated rings. The lowest BCUT2D eigenvalue weighted by molar-refractivity contribution is -0.116. The number of hydrogen-bond acceptors (Lipinski definition) is 3. The average molecular weight is 419 g/mol. The number of para-hydroxylation sites is 2. The predicted molar refractivity (Wildman–Crippen MR) is 118 cm³/mol. The summed E-state index contributed by atoms with van der Waals surface area (Å²) in [4.78, 5) is 13.4. The third kappa shape index (κ3) is 3.27. The lowest BCUT2D eigenvalue weighted by Gasteiger charge is -2.30. The van der Waals surface area contributed by atoms with Gasteiger partial charge in [0.05, 0.1) is 17.4 Å². The summed E-state index contributed by atoms with van der Waals surface area (Å²) >= 11 is 6.43. The maximum atomic E-state index is 14.8. The summed E-state index contributed by atoms with van der Waals surface area (Å²) < 4.78 is 14.8. The molecule has 5 rings (SSSR count). The monoisotopic (exact) mass is 418 g/mol. The largest absolute Gasteiger partial charge is 0.372 e. The van der Waals surface area contributed by atoms with Crippen LogP contribution in [-0.2, 0) is 4.79 Å². The molecular formula is C25H20ClFN2O. The Morgan fingerprint density at radius 1 is 0.833 bits per heavy atom. The van der Waals surface area contributed by atoms with Gasteiger partial charge in [0.25, 0.3) is 0 Å². The van der Waals surface area contributed by atoms with Crippen LogP contribution in [0.1, 0.15) is 35.9 Å². The molecule has 2 N–H and O–H groups in total. The second-order valence-electron chi connectivity index (χ2n) is 7.71. The number of hydrogen-bond donors (Lipinski definition) is 2. The van der Waals surface area contributed by atoms with E-state index >= 15 is 0 Å². The molecule has 0 saturated carbocycles. The quantitative estimate of drug-likeness (QED) is 0.501. The summed E-state index contributed by atoms with van der Waals surface area (Å²) in [6, 6.07) is 21.5. The highest BCUT2D eigenvalue weighted by Crippen LogP contribution is 2.45. The van der Waals surface area contributed by atoms with E-state index in [4.69, 9.17) is 11.6 Å².